The van der Waals surface area contributed by atoms with Gasteiger partial charge >= 0.3 is 6.09 Å². The van der Waals surface area contributed by atoms with Gasteiger partial charge in [-0.3, -0.25) is 9.36 Å². The van der Waals surface area contributed by atoms with Crippen molar-refractivity contribution in [2.24, 2.45) is 7.05 Å². The van der Waals surface area contributed by atoms with Gasteiger partial charge in [0.25, 0.3) is 0 Å². The lowest BCUT2D eigenvalue weighted by Crippen LogP contribution is -2.32. The molecule has 3 aromatic rings. The largest absolute Gasteiger partial charge is 0.470 e. The van der Waals surface area contributed by atoms with Crippen LogP contribution >= 0.6 is 0 Å². The smallest absolute Gasteiger partial charge is 0.407 e. The minimum absolute atomic E-state index is 0.128. The van der Waals surface area contributed by atoms with Crippen LogP contribution in [0.4, 0.5) is 4.79 Å². The number of aryl methyl sites for hydroxylation is 2. The number of hydrogen-bond donors (Lipinski definition) is 1. The van der Waals surface area contributed by atoms with Crippen molar-refractivity contribution in [1.29, 1.82) is 0 Å². The lowest BCUT2D eigenvalue weighted by molar-refractivity contribution is 0.0564. The summed E-state index contributed by atoms with van der Waals surface area (Å²) < 4.78 is 15.2. The number of alkyl carbamates (subject to hydrolysis) is 1. The molecule has 1 unspecified atom stereocenters. The molecule has 1 fully saturated rings. The highest BCUT2D eigenvalue weighted by Gasteiger charge is 2.30. The summed E-state index contributed by atoms with van der Waals surface area (Å²) in [4.78, 5) is 16.2. The standard InChI is InChI=1S/C20H26N6O3/c1-11-17-15(24-25(11)6)7-14(13-8-22-26(10-13)20(3,4)5)23-18(17)28-12(2)16-9-21-19(27)29-16/h7-8,10,12,16H,9H2,1-6H3,(H,21,27)/t12-,16?/m1/s1. The molecule has 1 amide bonds. The number of carbonyl (C=O) groups is 1. The zero-order valence-corrected chi connectivity index (χ0v) is 17.6. The Kier molecular flexibility index (Phi) is 4.48. The number of carbonyl (C=O) groups excluding carboxylic acids is 1. The number of nitrogens with one attached hydrogen (secondary N) is 1. The van der Waals surface area contributed by atoms with Gasteiger partial charge in [0.2, 0.25) is 5.88 Å². The Labute approximate surface area is 169 Å². The average Bonchev–Trinajstić information content (AvgIpc) is 3.34. The molecule has 154 valence electrons. The van der Waals surface area contributed by atoms with Crippen molar-refractivity contribution in [2.75, 3.05) is 6.54 Å². The predicted molar refractivity (Wildman–Crippen MR) is 108 cm³/mol. The topological polar surface area (TPSA) is 96.1 Å². The van der Waals surface area contributed by atoms with Gasteiger partial charge in [-0.1, -0.05) is 0 Å². The van der Waals surface area contributed by atoms with Crippen LogP contribution in [0.5, 0.6) is 5.88 Å². The quantitative estimate of drug-likeness (QED) is 0.726. The van der Waals surface area contributed by atoms with Gasteiger partial charge in [-0.05, 0) is 40.7 Å². The van der Waals surface area contributed by atoms with Crippen LogP contribution in [0.2, 0.25) is 0 Å². The summed E-state index contributed by atoms with van der Waals surface area (Å²) in [6, 6.07) is 1.95. The van der Waals surface area contributed by atoms with Crippen LogP contribution in [0.25, 0.3) is 22.2 Å². The zero-order chi connectivity index (χ0) is 20.9. The molecule has 1 aliphatic heterocycles. The molecule has 0 spiro atoms. The molecule has 3 aromatic heterocycles. The van der Waals surface area contributed by atoms with E-state index in [4.69, 9.17) is 14.5 Å². The third-order valence-electron chi connectivity index (χ3n) is 5.16. The first-order chi connectivity index (χ1) is 13.6. The van der Waals surface area contributed by atoms with Gasteiger partial charge in [0.15, 0.2) is 6.10 Å². The molecule has 0 saturated carbocycles. The highest BCUT2D eigenvalue weighted by Crippen LogP contribution is 2.32. The SMILES string of the molecule is Cc1c2c(O[C@H](C)C3CNC(=O)O3)nc(-c3cnn(C(C)(C)C)c3)cc2nn1C. The van der Waals surface area contributed by atoms with E-state index < -0.39 is 6.09 Å². The normalized spacial score (nSPS) is 18.0. The lowest BCUT2D eigenvalue weighted by atomic mass is 10.1. The van der Waals surface area contributed by atoms with Gasteiger partial charge in [0.1, 0.15) is 11.6 Å². The van der Waals surface area contributed by atoms with Gasteiger partial charge in [0.05, 0.1) is 29.4 Å². The molecule has 0 bridgehead atoms. The Hall–Kier alpha value is -3.10. The van der Waals surface area contributed by atoms with Gasteiger partial charge in [-0.2, -0.15) is 10.2 Å². The van der Waals surface area contributed by atoms with Crippen LogP contribution in [0.15, 0.2) is 18.5 Å². The monoisotopic (exact) mass is 398 g/mol. The number of aromatic nitrogens is 5. The van der Waals surface area contributed by atoms with E-state index in [-0.39, 0.29) is 17.7 Å². The minimum atomic E-state index is -0.426. The summed E-state index contributed by atoms with van der Waals surface area (Å²) in [6.45, 7) is 10.5. The average molecular weight is 398 g/mol. The number of cyclic esters (lactones) is 1. The summed E-state index contributed by atoms with van der Waals surface area (Å²) in [7, 11) is 1.89. The molecular formula is C20H26N6O3. The molecule has 1 N–H and O–H groups in total. The molecule has 0 aliphatic carbocycles. The Balaban J connectivity index is 1.75. The predicted octanol–water partition coefficient (Wildman–Crippen LogP) is 2.77. The molecule has 0 radical (unpaired) electrons. The highest BCUT2D eigenvalue weighted by molar-refractivity contribution is 5.89. The molecule has 2 atom stereocenters. The number of hydrogen-bond acceptors (Lipinski definition) is 6. The van der Waals surface area contributed by atoms with E-state index in [2.05, 4.69) is 36.3 Å². The third kappa shape index (κ3) is 3.52. The van der Waals surface area contributed by atoms with Crippen molar-refractivity contribution in [1.82, 2.24) is 29.9 Å². The maximum absolute atomic E-state index is 11.4. The molecule has 1 saturated heterocycles. The summed E-state index contributed by atoms with van der Waals surface area (Å²) in [5.74, 6) is 0.474. The van der Waals surface area contributed by atoms with Crippen molar-refractivity contribution in [3.05, 3.63) is 24.2 Å². The van der Waals surface area contributed by atoms with Crippen LogP contribution in [0.1, 0.15) is 33.4 Å². The fourth-order valence-electron chi connectivity index (χ4n) is 3.30. The van der Waals surface area contributed by atoms with E-state index in [0.29, 0.717) is 12.4 Å². The van der Waals surface area contributed by atoms with Gasteiger partial charge < -0.3 is 14.8 Å². The van der Waals surface area contributed by atoms with Crippen molar-refractivity contribution in [3.63, 3.8) is 0 Å². The van der Waals surface area contributed by atoms with E-state index >= 15 is 0 Å². The van der Waals surface area contributed by atoms with Crippen LogP contribution in [0.3, 0.4) is 0 Å². The summed E-state index contributed by atoms with van der Waals surface area (Å²) >= 11 is 0. The first-order valence-corrected chi connectivity index (χ1v) is 9.64. The van der Waals surface area contributed by atoms with Crippen molar-refractivity contribution in [3.8, 4) is 17.1 Å². The van der Waals surface area contributed by atoms with E-state index in [1.807, 2.05) is 42.5 Å². The van der Waals surface area contributed by atoms with Crippen LogP contribution in [-0.4, -0.2) is 49.4 Å². The second-order valence-corrected chi connectivity index (χ2v) is 8.41. The summed E-state index contributed by atoms with van der Waals surface area (Å²) in [5, 5.41) is 12.6. The maximum atomic E-state index is 11.4. The molecule has 29 heavy (non-hydrogen) atoms. The Bertz CT molecular complexity index is 1080. The van der Waals surface area contributed by atoms with E-state index in [1.54, 1.807) is 6.20 Å². The fraction of sp³-hybridized carbons (Fsp3) is 0.500. The Morgan fingerprint density at radius 2 is 2.14 bits per heavy atom. The third-order valence-corrected chi connectivity index (χ3v) is 5.16. The van der Waals surface area contributed by atoms with E-state index in [1.165, 1.54) is 0 Å². The number of amides is 1. The van der Waals surface area contributed by atoms with Gasteiger partial charge in [-0.15, -0.1) is 0 Å². The highest BCUT2D eigenvalue weighted by atomic mass is 16.6. The second-order valence-electron chi connectivity index (χ2n) is 8.41. The van der Waals surface area contributed by atoms with Crippen LogP contribution < -0.4 is 10.1 Å². The Morgan fingerprint density at radius 1 is 1.38 bits per heavy atom. The molecule has 0 aromatic carbocycles. The first kappa shape index (κ1) is 19.2. The van der Waals surface area contributed by atoms with Gasteiger partial charge in [-0.25, -0.2) is 9.78 Å². The van der Waals surface area contributed by atoms with Crippen molar-refractivity contribution >= 4 is 17.0 Å². The first-order valence-electron chi connectivity index (χ1n) is 9.64. The summed E-state index contributed by atoms with van der Waals surface area (Å²) in [5.41, 5.74) is 3.23. The maximum Gasteiger partial charge on any atom is 0.407 e. The number of pyridine rings is 1. The number of ether oxygens (including phenoxy) is 2. The van der Waals surface area contributed by atoms with E-state index in [9.17, 15) is 4.79 Å². The molecule has 9 heteroatoms. The minimum Gasteiger partial charge on any atom is -0.470 e. The molecule has 4 heterocycles. The van der Waals surface area contributed by atoms with E-state index in [0.717, 1.165) is 27.9 Å². The number of nitrogens with zero attached hydrogens (tertiary/aromatic N) is 5. The zero-order valence-electron chi connectivity index (χ0n) is 17.6. The fourth-order valence-corrected chi connectivity index (χ4v) is 3.30. The second kappa shape index (κ2) is 6.75. The molecule has 4 rings (SSSR count). The molecule has 1 aliphatic rings. The Morgan fingerprint density at radius 3 is 2.76 bits per heavy atom. The molecular weight excluding hydrogens is 372 g/mol. The summed E-state index contributed by atoms with van der Waals surface area (Å²) in [6.07, 6.45) is 2.61. The molecule has 9 nitrogen and oxygen atoms in total. The van der Waals surface area contributed by atoms with Crippen LogP contribution in [0, 0.1) is 6.92 Å². The van der Waals surface area contributed by atoms with Crippen LogP contribution in [-0.2, 0) is 17.3 Å². The van der Waals surface area contributed by atoms with Crippen molar-refractivity contribution in [2.45, 2.75) is 52.4 Å². The lowest BCUT2D eigenvalue weighted by Gasteiger charge is -2.19. The van der Waals surface area contributed by atoms with Crippen molar-refractivity contribution < 1.29 is 14.3 Å². The van der Waals surface area contributed by atoms with Gasteiger partial charge in [0, 0.05) is 24.5 Å². The number of rotatable bonds is 4. The number of fused-ring (bicyclic) bond motifs is 1.